The molecule has 0 unspecified atom stereocenters. The predicted octanol–water partition coefficient (Wildman–Crippen LogP) is 2.70. The maximum absolute atomic E-state index is 14.2. The topological polar surface area (TPSA) is 71.1 Å². The van der Waals surface area contributed by atoms with Crippen LogP contribution in [0.5, 0.6) is 5.75 Å². The molecule has 154 valence electrons. The van der Waals surface area contributed by atoms with E-state index in [1.54, 1.807) is 31.2 Å². The SMILES string of the molecule is CCn1c(=O)c2c(ncn2Cc2ccc(F)cc2F)n(-c2cccc(OC)c2)c1=O. The zero-order chi connectivity index (χ0) is 21.4. The van der Waals surface area contributed by atoms with Crippen LogP contribution in [0.2, 0.25) is 0 Å². The molecule has 0 saturated carbocycles. The van der Waals surface area contributed by atoms with Gasteiger partial charge in [0.2, 0.25) is 0 Å². The Morgan fingerprint density at radius 2 is 1.90 bits per heavy atom. The lowest BCUT2D eigenvalue weighted by Crippen LogP contribution is -2.39. The second-order valence-electron chi connectivity index (χ2n) is 6.65. The highest BCUT2D eigenvalue weighted by Gasteiger charge is 2.19. The van der Waals surface area contributed by atoms with Crippen molar-refractivity contribution >= 4 is 11.2 Å². The summed E-state index contributed by atoms with van der Waals surface area (Å²) in [5.74, 6) is -0.879. The molecule has 0 fully saturated rings. The van der Waals surface area contributed by atoms with E-state index in [0.717, 1.165) is 16.7 Å². The summed E-state index contributed by atoms with van der Waals surface area (Å²) in [5, 5.41) is 0. The number of aromatic nitrogens is 4. The third-order valence-corrected chi connectivity index (χ3v) is 4.88. The summed E-state index contributed by atoms with van der Waals surface area (Å²) in [4.78, 5) is 30.3. The van der Waals surface area contributed by atoms with E-state index >= 15 is 0 Å². The van der Waals surface area contributed by atoms with Crippen molar-refractivity contribution in [2.75, 3.05) is 7.11 Å². The monoisotopic (exact) mass is 412 g/mol. The van der Waals surface area contributed by atoms with E-state index < -0.39 is 22.9 Å². The van der Waals surface area contributed by atoms with Crippen molar-refractivity contribution in [1.29, 1.82) is 0 Å². The van der Waals surface area contributed by atoms with Gasteiger partial charge in [-0.1, -0.05) is 12.1 Å². The molecule has 2 aromatic heterocycles. The summed E-state index contributed by atoms with van der Waals surface area (Å²) >= 11 is 0. The van der Waals surface area contributed by atoms with Gasteiger partial charge >= 0.3 is 5.69 Å². The number of imidazole rings is 1. The fraction of sp³-hybridized carbons (Fsp3) is 0.190. The summed E-state index contributed by atoms with van der Waals surface area (Å²) < 4.78 is 36.5. The smallest absolute Gasteiger partial charge is 0.337 e. The molecule has 9 heteroatoms. The van der Waals surface area contributed by atoms with E-state index in [1.165, 1.54) is 28.6 Å². The highest BCUT2D eigenvalue weighted by atomic mass is 19.1. The first-order valence-electron chi connectivity index (χ1n) is 9.23. The highest BCUT2D eigenvalue weighted by molar-refractivity contribution is 5.72. The molecular weight excluding hydrogens is 394 g/mol. The number of nitrogens with zero attached hydrogens (tertiary/aromatic N) is 4. The Hall–Kier alpha value is -3.75. The Balaban J connectivity index is 1.98. The fourth-order valence-electron chi connectivity index (χ4n) is 3.39. The molecule has 0 saturated heterocycles. The van der Waals surface area contributed by atoms with Gasteiger partial charge in [-0.2, -0.15) is 0 Å². The van der Waals surface area contributed by atoms with E-state index in [1.807, 2.05) is 0 Å². The second kappa shape index (κ2) is 7.58. The highest BCUT2D eigenvalue weighted by Crippen LogP contribution is 2.19. The number of hydrogen-bond acceptors (Lipinski definition) is 4. The molecule has 7 nitrogen and oxygen atoms in total. The normalized spacial score (nSPS) is 11.2. The number of fused-ring (bicyclic) bond motifs is 1. The quantitative estimate of drug-likeness (QED) is 0.505. The van der Waals surface area contributed by atoms with Crippen LogP contribution >= 0.6 is 0 Å². The Morgan fingerprint density at radius 1 is 1.10 bits per heavy atom. The average molecular weight is 412 g/mol. The molecule has 4 aromatic rings. The van der Waals surface area contributed by atoms with Crippen LogP contribution in [0.1, 0.15) is 12.5 Å². The first kappa shape index (κ1) is 19.6. The number of halogens is 2. The average Bonchev–Trinajstić information content (AvgIpc) is 3.14. The van der Waals surface area contributed by atoms with Crippen molar-refractivity contribution < 1.29 is 13.5 Å². The van der Waals surface area contributed by atoms with Gasteiger partial charge in [-0.3, -0.25) is 9.36 Å². The van der Waals surface area contributed by atoms with Gasteiger partial charge in [0.1, 0.15) is 17.4 Å². The molecular formula is C21H18F2N4O3. The predicted molar refractivity (Wildman–Crippen MR) is 107 cm³/mol. The van der Waals surface area contributed by atoms with Gasteiger partial charge in [-0.25, -0.2) is 23.1 Å². The summed E-state index contributed by atoms with van der Waals surface area (Å²) in [6, 6.07) is 10.1. The van der Waals surface area contributed by atoms with Gasteiger partial charge in [0.25, 0.3) is 5.56 Å². The Morgan fingerprint density at radius 3 is 2.60 bits per heavy atom. The lowest BCUT2D eigenvalue weighted by molar-refractivity contribution is 0.414. The first-order valence-corrected chi connectivity index (χ1v) is 9.23. The van der Waals surface area contributed by atoms with Crippen molar-refractivity contribution in [1.82, 2.24) is 18.7 Å². The lowest BCUT2D eigenvalue weighted by atomic mass is 10.2. The molecule has 0 amide bonds. The molecule has 0 N–H and O–H groups in total. The minimum atomic E-state index is -0.728. The van der Waals surface area contributed by atoms with Gasteiger partial charge in [-0.15, -0.1) is 0 Å². The second-order valence-corrected chi connectivity index (χ2v) is 6.65. The van der Waals surface area contributed by atoms with Gasteiger partial charge in [-0.05, 0) is 25.1 Å². The molecule has 0 atom stereocenters. The van der Waals surface area contributed by atoms with Crippen LogP contribution in [-0.4, -0.2) is 25.8 Å². The summed E-state index contributed by atoms with van der Waals surface area (Å²) in [7, 11) is 1.51. The fourth-order valence-corrected chi connectivity index (χ4v) is 3.39. The van der Waals surface area contributed by atoms with Crippen LogP contribution < -0.4 is 16.0 Å². The largest absolute Gasteiger partial charge is 0.497 e. The Kier molecular flexibility index (Phi) is 4.94. The number of hydrogen-bond donors (Lipinski definition) is 0. The number of benzene rings is 2. The molecule has 4 rings (SSSR count). The van der Waals surface area contributed by atoms with E-state index in [0.29, 0.717) is 11.4 Å². The first-order chi connectivity index (χ1) is 14.4. The third kappa shape index (κ3) is 3.18. The van der Waals surface area contributed by atoms with Crippen molar-refractivity contribution in [3.63, 3.8) is 0 Å². The third-order valence-electron chi connectivity index (χ3n) is 4.88. The molecule has 0 spiro atoms. The van der Waals surface area contributed by atoms with Crippen molar-refractivity contribution in [3.05, 3.63) is 86.8 Å². The van der Waals surface area contributed by atoms with Gasteiger partial charge in [0, 0.05) is 24.2 Å². The molecule has 30 heavy (non-hydrogen) atoms. The molecule has 0 aliphatic heterocycles. The molecule has 2 aromatic carbocycles. The van der Waals surface area contributed by atoms with Crippen molar-refractivity contribution in [3.8, 4) is 11.4 Å². The van der Waals surface area contributed by atoms with Crippen LogP contribution in [0.15, 0.2) is 58.4 Å². The van der Waals surface area contributed by atoms with Crippen molar-refractivity contribution in [2.24, 2.45) is 0 Å². The van der Waals surface area contributed by atoms with Crippen LogP contribution in [0.4, 0.5) is 8.78 Å². The zero-order valence-electron chi connectivity index (χ0n) is 16.3. The number of rotatable bonds is 5. The zero-order valence-corrected chi connectivity index (χ0v) is 16.3. The molecule has 0 radical (unpaired) electrons. The van der Waals surface area contributed by atoms with Crippen LogP contribution in [0.25, 0.3) is 16.9 Å². The minimum Gasteiger partial charge on any atom is -0.497 e. The maximum atomic E-state index is 14.2. The summed E-state index contributed by atoms with van der Waals surface area (Å²) in [6.45, 7) is 1.79. The molecule has 2 heterocycles. The van der Waals surface area contributed by atoms with Crippen LogP contribution in [0, 0.1) is 11.6 Å². The van der Waals surface area contributed by atoms with Gasteiger partial charge in [0.05, 0.1) is 25.7 Å². The number of methoxy groups -OCH3 is 1. The summed E-state index contributed by atoms with van der Waals surface area (Å²) in [6.07, 6.45) is 1.37. The minimum absolute atomic E-state index is 0.0438. The Bertz CT molecular complexity index is 1370. The lowest BCUT2D eigenvalue weighted by Gasteiger charge is -2.12. The summed E-state index contributed by atoms with van der Waals surface area (Å²) in [5.41, 5.74) is -0.117. The standard InChI is InChI=1S/C21H18F2N4O3/c1-3-26-20(28)18-19(27(21(26)29)15-5-4-6-16(10-15)30-2)24-12-25(18)11-13-7-8-14(22)9-17(13)23/h4-10,12H,3,11H2,1-2H3. The van der Waals surface area contributed by atoms with Crippen molar-refractivity contribution in [2.45, 2.75) is 20.0 Å². The van der Waals surface area contributed by atoms with Gasteiger partial charge in [0.15, 0.2) is 11.2 Å². The van der Waals surface area contributed by atoms with E-state index in [-0.39, 0.29) is 29.8 Å². The Labute approximate surface area is 169 Å². The van der Waals surface area contributed by atoms with E-state index in [2.05, 4.69) is 4.98 Å². The molecule has 0 aliphatic carbocycles. The number of ether oxygens (including phenoxy) is 1. The molecule has 0 aliphatic rings. The van der Waals surface area contributed by atoms with Crippen LogP contribution in [0.3, 0.4) is 0 Å². The van der Waals surface area contributed by atoms with Gasteiger partial charge < -0.3 is 9.30 Å². The maximum Gasteiger partial charge on any atom is 0.337 e. The van der Waals surface area contributed by atoms with Crippen LogP contribution in [-0.2, 0) is 13.1 Å². The van der Waals surface area contributed by atoms with E-state index in [9.17, 15) is 18.4 Å². The molecule has 0 bridgehead atoms. The van der Waals surface area contributed by atoms with E-state index in [4.69, 9.17) is 4.74 Å².